The minimum Gasteiger partial charge on any atom is -0.478 e. The lowest BCUT2D eigenvalue weighted by molar-refractivity contribution is 0.0697. The number of carboxylic acid groups (broad SMARTS) is 1. The average Bonchev–Trinajstić information content (AvgIpc) is 3.18. The zero-order valence-corrected chi connectivity index (χ0v) is 12.9. The van der Waals surface area contributed by atoms with Crippen molar-refractivity contribution in [3.05, 3.63) is 47.9 Å². The molecule has 3 rings (SSSR count). The molecule has 0 saturated carbocycles. The molecule has 0 fully saturated rings. The minimum atomic E-state index is -1.02. The standard InChI is InChI=1S/C17H16N4O2/c1-3-11(2)20-9-12(7-18)15-6-14(4-5-16(15)20)21-10-13(8-19-21)17(22)23/h4-6,8-11H,3H2,1-2H3,(H,22,23). The Hall–Kier alpha value is -3.07. The van der Waals surface area contributed by atoms with Crippen LogP contribution in [0.5, 0.6) is 0 Å². The summed E-state index contributed by atoms with van der Waals surface area (Å²) in [5, 5.41) is 23.3. The third-order valence-corrected chi connectivity index (χ3v) is 4.10. The van der Waals surface area contributed by atoms with E-state index in [4.69, 9.17) is 5.11 Å². The second-order valence-electron chi connectivity index (χ2n) is 5.50. The van der Waals surface area contributed by atoms with Crippen LogP contribution in [0.2, 0.25) is 0 Å². The molecule has 0 amide bonds. The molecule has 0 aliphatic carbocycles. The summed E-state index contributed by atoms with van der Waals surface area (Å²) < 4.78 is 3.61. The van der Waals surface area contributed by atoms with Crippen molar-refractivity contribution in [3.63, 3.8) is 0 Å². The van der Waals surface area contributed by atoms with Crippen molar-refractivity contribution in [2.45, 2.75) is 26.3 Å². The number of carbonyl (C=O) groups is 1. The smallest absolute Gasteiger partial charge is 0.338 e. The van der Waals surface area contributed by atoms with Crippen LogP contribution in [0.15, 0.2) is 36.8 Å². The molecule has 1 unspecified atom stereocenters. The van der Waals surface area contributed by atoms with Crippen molar-refractivity contribution >= 4 is 16.9 Å². The second-order valence-corrected chi connectivity index (χ2v) is 5.50. The summed E-state index contributed by atoms with van der Waals surface area (Å²) >= 11 is 0. The number of hydrogen-bond acceptors (Lipinski definition) is 3. The molecule has 6 nitrogen and oxygen atoms in total. The van der Waals surface area contributed by atoms with Crippen LogP contribution in [0.1, 0.15) is 42.2 Å². The molecule has 116 valence electrons. The van der Waals surface area contributed by atoms with E-state index in [9.17, 15) is 10.1 Å². The average molecular weight is 308 g/mol. The summed E-state index contributed by atoms with van der Waals surface area (Å²) in [5.41, 5.74) is 2.45. The molecule has 1 aromatic carbocycles. The number of nitrogens with zero attached hydrogens (tertiary/aromatic N) is 4. The number of aromatic carboxylic acids is 1. The van der Waals surface area contributed by atoms with Gasteiger partial charge in [0.15, 0.2) is 0 Å². The first-order valence-electron chi connectivity index (χ1n) is 7.38. The van der Waals surface area contributed by atoms with Gasteiger partial charge in [0.25, 0.3) is 0 Å². The number of nitriles is 1. The van der Waals surface area contributed by atoms with Gasteiger partial charge in [0.05, 0.1) is 23.0 Å². The monoisotopic (exact) mass is 308 g/mol. The van der Waals surface area contributed by atoms with Crippen molar-refractivity contribution in [1.82, 2.24) is 14.3 Å². The lowest BCUT2D eigenvalue weighted by Crippen LogP contribution is -2.02. The van der Waals surface area contributed by atoms with Gasteiger partial charge < -0.3 is 9.67 Å². The lowest BCUT2D eigenvalue weighted by atomic mass is 10.1. The van der Waals surface area contributed by atoms with Gasteiger partial charge >= 0.3 is 5.97 Å². The zero-order chi connectivity index (χ0) is 16.6. The molecule has 2 heterocycles. The fourth-order valence-corrected chi connectivity index (χ4v) is 2.61. The fourth-order valence-electron chi connectivity index (χ4n) is 2.61. The summed E-state index contributed by atoms with van der Waals surface area (Å²) in [6.45, 7) is 4.22. The molecule has 0 spiro atoms. The maximum Gasteiger partial charge on any atom is 0.338 e. The first kappa shape index (κ1) is 14.9. The SMILES string of the molecule is CCC(C)n1cc(C#N)c2cc(-n3cc(C(=O)O)cn3)ccc21. The van der Waals surface area contributed by atoms with E-state index >= 15 is 0 Å². The molecule has 0 aliphatic rings. The first-order chi connectivity index (χ1) is 11.0. The van der Waals surface area contributed by atoms with Crippen molar-refractivity contribution in [1.29, 1.82) is 5.26 Å². The summed E-state index contributed by atoms with van der Waals surface area (Å²) in [6, 6.07) is 8.21. The Kier molecular flexibility index (Phi) is 3.62. The maximum atomic E-state index is 11.0. The topological polar surface area (TPSA) is 83.8 Å². The third-order valence-electron chi connectivity index (χ3n) is 4.10. The molecule has 1 atom stereocenters. The highest BCUT2D eigenvalue weighted by Crippen LogP contribution is 2.27. The van der Waals surface area contributed by atoms with E-state index in [1.165, 1.54) is 17.1 Å². The predicted molar refractivity (Wildman–Crippen MR) is 85.7 cm³/mol. The van der Waals surface area contributed by atoms with Gasteiger partial charge in [-0.15, -0.1) is 0 Å². The number of benzene rings is 1. The van der Waals surface area contributed by atoms with Crippen LogP contribution in [0.4, 0.5) is 0 Å². The van der Waals surface area contributed by atoms with E-state index in [1.54, 1.807) is 0 Å². The summed E-state index contributed by atoms with van der Waals surface area (Å²) in [5.74, 6) is -1.02. The van der Waals surface area contributed by atoms with Crippen molar-refractivity contribution in [2.75, 3.05) is 0 Å². The highest BCUT2D eigenvalue weighted by molar-refractivity contribution is 5.89. The van der Waals surface area contributed by atoms with Crippen molar-refractivity contribution < 1.29 is 9.90 Å². The number of rotatable bonds is 4. The van der Waals surface area contributed by atoms with Gasteiger partial charge in [0, 0.05) is 29.3 Å². The van der Waals surface area contributed by atoms with E-state index in [2.05, 4.69) is 29.6 Å². The van der Waals surface area contributed by atoms with Gasteiger partial charge in [-0.2, -0.15) is 10.4 Å². The van der Waals surface area contributed by atoms with E-state index in [-0.39, 0.29) is 5.56 Å². The van der Waals surface area contributed by atoms with E-state index < -0.39 is 5.97 Å². The quantitative estimate of drug-likeness (QED) is 0.801. The summed E-state index contributed by atoms with van der Waals surface area (Å²) in [6.07, 6.45) is 5.61. The van der Waals surface area contributed by atoms with Gasteiger partial charge in [-0.05, 0) is 31.5 Å². The number of fused-ring (bicyclic) bond motifs is 1. The molecule has 0 radical (unpaired) electrons. The second kappa shape index (κ2) is 5.61. The Morgan fingerprint density at radius 1 is 1.43 bits per heavy atom. The largest absolute Gasteiger partial charge is 0.478 e. The Morgan fingerprint density at radius 2 is 2.22 bits per heavy atom. The van der Waals surface area contributed by atoms with Crippen LogP contribution in [-0.2, 0) is 0 Å². The van der Waals surface area contributed by atoms with Crippen LogP contribution >= 0.6 is 0 Å². The molecule has 0 aliphatic heterocycles. The normalized spacial score (nSPS) is 12.2. The van der Waals surface area contributed by atoms with E-state index in [1.807, 2.05) is 24.4 Å². The Bertz CT molecular complexity index is 930. The first-order valence-corrected chi connectivity index (χ1v) is 7.38. The molecule has 0 saturated heterocycles. The Labute approximate surface area is 133 Å². The van der Waals surface area contributed by atoms with E-state index in [0.717, 1.165) is 23.0 Å². The number of hydrogen-bond donors (Lipinski definition) is 1. The molecule has 6 heteroatoms. The minimum absolute atomic E-state index is 0.128. The van der Waals surface area contributed by atoms with E-state index in [0.29, 0.717) is 11.6 Å². The van der Waals surface area contributed by atoms with Crippen LogP contribution < -0.4 is 0 Å². The Balaban J connectivity index is 2.14. The van der Waals surface area contributed by atoms with Crippen LogP contribution in [-0.4, -0.2) is 25.4 Å². The van der Waals surface area contributed by atoms with Gasteiger partial charge in [0.2, 0.25) is 0 Å². The van der Waals surface area contributed by atoms with Crippen LogP contribution in [0.3, 0.4) is 0 Å². The highest BCUT2D eigenvalue weighted by Gasteiger charge is 2.14. The van der Waals surface area contributed by atoms with Crippen LogP contribution in [0.25, 0.3) is 16.6 Å². The van der Waals surface area contributed by atoms with Gasteiger partial charge in [-0.3, -0.25) is 0 Å². The van der Waals surface area contributed by atoms with Crippen molar-refractivity contribution in [3.8, 4) is 11.8 Å². The fraction of sp³-hybridized carbons (Fsp3) is 0.235. The van der Waals surface area contributed by atoms with Gasteiger partial charge in [-0.25, -0.2) is 9.48 Å². The third kappa shape index (κ3) is 2.46. The molecule has 23 heavy (non-hydrogen) atoms. The van der Waals surface area contributed by atoms with Gasteiger partial charge in [0.1, 0.15) is 6.07 Å². The lowest BCUT2D eigenvalue weighted by Gasteiger charge is -2.12. The number of aromatic nitrogens is 3. The molecule has 0 bridgehead atoms. The van der Waals surface area contributed by atoms with Crippen LogP contribution in [0, 0.1) is 11.3 Å². The molecular formula is C17H16N4O2. The molecule has 2 aromatic heterocycles. The predicted octanol–water partition coefficient (Wildman–Crippen LogP) is 3.37. The maximum absolute atomic E-state index is 11.0. The Morgan fingerprint density at radius 3 is 2.83 bits per heavy atom. The van der Waals surface area contributed by atoms with Crippen molar-refractivity contribution in [2.24, 2.45) is 0 Å². The molecule has 3 aromatic rings. The molecular weight excluding hydrogens is 292 g/mol. The highest BCUT2D eigenvalue weighted by atomic mass is 16.4. The summed E-state index contributed by atoms with van der Waals surface area (Å²) in [7, 11) is 0. The molecule has 1 N–H and O–H groups in total. The summed E-state index contributed by atoms with van der Waals surface area (Å²) in [4.78, 5) is 11.0. The van der Waals surface area contributed by atoms with Gasteiger partial charge in [-0.1, -0.05) is 6.92 Å². The number of carboxylic acids is 1. The zero-order valence-electron chi connectivity index (χ0n) is 12.9.